The second-order valence-electron chi connectivity index (χ2n) is 8.04. The molecule has 0 saturated heterocycles. The van der Waals surface area contributed by atoms with E-state index in [1.807, 2.05) is 57.6 Å². The Morgan fingerprint density at radius 3 is 2.27 bits per heavy atom. The maximum absolute atomic E-state index is 13.3. The van der Waals surface area contributed by atoms with Crippen molar-refractivity contribution in [2.24, 2.45) is 13.0 Å². The zero-order valence-corrected chi connectivity index (χ0v) is 19.9. The van der Waals surface area contributed by atoms with E-state index in [9.17, 15) is 13.2 Å². The SMILES string of the molecule is CCC(C)N(CC(=O)N(Cc1cccn1C)CC(C)C)S(=O)(=O)c1ccc(Cl)cc1. The van der Waals surface area contributed by atoms with E-state index in [1.54, 1.807) is 17.0 Å². The lowest BCUT2D eigenvalue weighted by Gasteiger charge is -2.31. The molecule has 166 valence electrons. The van der Waals surface area contributed by atoms with Crippen LogP contribution in [0, 0.1) is 5.92 Å². The molecule has 0 aliphatic rings. The van der Waals surface area contributed by atoms with Gasteiger partial charge in [0.15, 0.2) is 0 Å². The molecule has 0 N–H and O–H groups in total. The van der Waals surface area contributed by atoms with E-state index in [1.165, 1.54) is 16.4 Å². The number of hydrogen-bond acceptors (Lipinski definition) is 3. The molecule has 30 heavy (non-hydrogen) atoms. The molecule has 0 spiro atoms. The van der Waals surface area contributed by atoms with E-state index in [0.29, 0.717) is 24.5 Å². The summed E-state index contributed by atoms with van der Waals surface area (Å²) in [6.07, 6.45) is 2.53. The third-order valence-electron chi connectivity index (χ3n) is 5.14. The Balaban J connectivity index is 2.31. The van der Waals surface area contributed by atoms with E-state index < -0.39 is 10.0 Å². The molecule has 0 radical (unpaired) electrons. The lowest BCUT2D eigenvalue weighted by Crippen LogP contribution is -2.47. The minimum absolute atomic E-state index is 0.137. The molecular weight excluding hydrogens is 422 g/mol. The lowest BCUT2D eigenvalue weighted by molar-refractivity contribution is -0.133. The van der Waals surface area contributed by atoms with Crippen molar-refractivity contribution in [1.82, 2.24) is 13.8 Å². The first-order chi connectivity index (χ1) is 14.1. The van der Waals surface area contributed by atoms with E-state index in [4.69, 9.17) is 11.6 Å². The average Bonchev–Trinajstić information content (AvgIpc) is 3.09. The van der Waals surface area contributed by atoms with Crippen molar-refractivity contribution in [3.05, 3.63) is 53.3 Å². The minimum Gasteiger partial charge on any atom is -0.353 e. The smallest absolute Gasteiger partial charge is 0.243 e. The fourth-order valence-electron chi connectivity index (χ4n) is 3.21. The number of amides is 1. The number of sulfonamides is 1. The summed E-state index contributed by atoms with van der Waals surface area (Å²) in [5, 5.41) is 0.464. The third-order valence-corrected chi connectivity index (χ3v) is 7.36. The highest BCUT2D eigenvalue weighted by molar-refractivity contribution is 7.89. The van der Waals surface area contributed by atoms with E-state index in [-0.39, 0.29) is 29.3 Å². The van der Waals surface area contributed by atoms with Crippen molar-refractivity contribution in [3.8, 4) is 0 Å². The molecular formula is C22H32ClN3O3S. The van der Waals surface area contributed by atoms with Gasteiger partial charge in [-0.05, 0) is 55.7 Å². The van der Waals surface area contributed by atoms with Gasteiger partial charge in [-0.3, -0.25) is 4.79 Å². The van der Waals surface area contributed by atoms with Gasteiger partial charge in [-0.1, -0.05) is 32.4 Å². The van der Waals surface area contributed by atoms with Crippen LogP contribution in [-0.4, -0.2) is 47.2 Å². The molecule has 1 heterocycles. The van der Waals surface area contributed by atoms with Crippen LogP contribution in [-0.2, 0) is 28.4 Å². The van der Waals surface area contributed by atoms with Crippen LogP contribution >= 0.6 is 11.6 Å². The zero-order chi connectivity index (χ0) is 22.5. The topological polar surface area (TPSA) is 62.6 Å². The minimum atomic E-state index is -3.83. The van der Waals surface area contributed by atoms with Crippen molar-refractivity contribution < 1.29 is 13.2 Å². The summed E-state index contributed by atoms with van der Waals surface area (Å²) in [4.78, 5) is 15.1. The van der Waals surface area contributed by atoms with Crippen molar-refractivity contribution in [3.63, 3.8) is 0 Å². The Morgan fingerprint density at radius 2 is 1.77 bits per heavy atom. The highest BCUT2D eigenvalue weighted by Crippen LogP contribution is 2.22. The second-order valence-corrected chi connectivity index (χ2v) is 10.4. The Hall–Kier alpha value is -1.83. The number of rotatable bonds is 10. The first-order valence-electron chi connectivity index (χ1n) is 10.2. The summed E-state index contributed by atoms with van der Waals surface area (Å²) in [5.41, 5.74) is 1.000. The van der Waals surface area contributed by atoms with Crippen LogP contribution < -0.4 is 0 Å². The Bertz CT molecular complexity index is 939. The summed E-state index contributed by atoms with van der Waals surface area (Å²) in [7, 11) is -1.90. The fourth-order valence-corrected chi connectivity index (χ4v) is 4.99. The molecule has 0 aliphatic carbocycles. The number of benzene rings is 1. The van der Waals surface area contributed by atoms with Crippen molar-refractivity contribution in [2.75, 3.05) is 13.1 Å². The van der Waals surface area contributed by atoms with Gasteiger partial charge >= 0.3 is 0 Å². The van der Waals surface area contributed by atoms with Gasteiger partial charge in [-0.15, -0.1) is 0 Å². The summed E-state index contributed by atoms with van der Waals surface area (Å²) in [6.45, 7) is 8.62. The standard InChI is InChI=1S/C22H32ClN3O3S/c1-6-18(4)26(30(28,29)21-11-9-19(23)10-12-21)16-22(27)25(14-17(2)3)15-20-8-7-13-24(20)5/h7-13,17-18H,6,14-16H2,1-5H3. The number of carbonyl (C=O) groups excluding carboxylic acids is 1. The number of carbonyl (C=O) groups is 1. The van der Waals surface area contributed by atoms with E-state index >= 15 is 0 Å². The Labute approximate surface area is 185 Å². The molecule has 2 aromatic rings. The van der Waals surface area contributed by atoms with Crippen molar-refractivity contribution >= 4 is 27.5 Å². The molecule has 0 fully saturated rings. The van der Waals surface area contributed by atoms with Crippen LogP contribution in [0.4, 0.5) is 0 Å². The lowest BCUT2D eigenvalue weighted by atomic mass is 10.2. The molecule has 6 nitrogen and oxygen atoms in total. The maximum atomic E-state index is 13.3. The number of halogens is 1. The molecule has 0 aliphatic heterocycles. The monoisotopic (exact) mass is 453 g/mol. The highest BCUT2D eigenvalue weighted by atomic mass is 35.5. The van der Waals surface area contributed by atoms with Crippen molar-refractivity contribution in [1.29, 1.82) is 0 Å². The van der Waals surface area contributed by atoms with Crippen LogP contribution in [0.25, 0.3) is 0 Å². The second kappa shape index (κ2) is 10.5. The van der Waals surface area contributed by atoms with Gasteiger partial charge in [0.2, 0.25) is 15.9 Å². The van der Waals surface area contributed by atoms with Gasteiger partial charge in [0.1, 0.15) is 0 Å². The molecule has 1 aromatic carbocycles. The Kier molecular flexibility index (Phi) is 8.52. The van der Waals surface area contributed by atoms with E-state index in [0.717, 1.165) is 5.69 Å². The quantitative estimate of drug-likeness (QED) is 0.542. The van der Waals surface area contributed by atoms with Gasteiger partial charge in [-0.25, -0.2) is 8.42 Å². The van der Waals surface area contributed by atoms with Gasteiger partial charge < -0.3 is 9.47 Å². The predicted molar refractivity (Wildman–Crippen MR) is 121 cm³/mol. The van der Waals surface area contributed by atoms with Gasteiger partial charge in [-0.2, -0.15) is 4.31 Å². The third kappa shape index (κ3) is 6.09. The largest absolute Gasteiger partial charge is 0.353 e. The molecule has 0 saturated carbocycles. The maximum Gasteiger partial charge on any atom is 0.243 e. The van der Waals surface area contributed by atoms with Gasteiger partial charge in [0.05, 0.1) is 18.0 Å². The van der Waals surface area contributed by atoms with Crippen LogP contribution in [0.3, 0.4) is 0 Å². The number of nitrogens with zero attached hydrogens (tertiary/aromatic N) is 3. The summed E-state index contributed by atoms with van der Waals surface area (Å²) in [5.74, 6) is 0.0573. The molecule has 1 amide bonds. The van der Waals surface area contributed by atoms with Gasteiger partial charge in [0, 0.05) is 36.5 Å². The number of hydrogen-bond donors (Lipinski definition) is 0. The molecule has 1 aromatic heterocycles. The summed E-state index contributed by atoms with van der Waals surface area (Å²) >= 11 is 5.91. The fraction of sp³-hybridized carbons (Fsp3) is 0.500. The van der Waals surface area contributed by atoms with Gasteiger partial charge in [0.25, 0.3) is 0 Å². The normalized spacial score (nSPS) is 13.1. The first kappa shape index (κ1) is 24.4. The number of aryl methyl sites for hydroxylation is 1. The molecule has 0 bridgehead atoms. The molecule has 1 unspecified atom stereocenters. The van der Waals surface area contributed by atoms with Crippen LogP contribution in [0.1, 0.15) is 39.8 Å². The molecule has 8 heteroatoms. The average molecular weight is 454 g/mol. The molecule has 1 atom stereocenters. The summed E-state index contributed by atoms with van der Waals surface area (Å²) < 4.78 is 29.9. The zero-order valence-electron chi connectivity index (χ0n) is 18.4. The number of aromatic nitrogens is 1. The van der Waals surface area contributed by atoms with Crippen molar-refractivity contribution in [2.45, 2.75) is 51.6 Å². The van der Waals surface area contributed by atoms with Crippen LogP contribution in [0.5, 0.6) is 0 Å². The summed E-state index contributed by atoms with van der Waals surface area (Å²) in [6, 6.07) is 9.64. The Morgan fingerprint density at radius 1 is 1.13 bits per heavy atom. The van der Waals surface area contributed by atoms with E-state index in [2.05, 4.69) is 0 Å². The predicted octanol–water partition coefficient (Wildman–Crippen LogP) is 4.15. The molecule has 2 rings (SSSR count). The van der Waals surface area contributed by atoms with Crippen LogP contribution in [0.2, 0.25) is 5.02 Å². The van der Waals surface area contributed by atoms with Crippen LogP contribution in [0.15, 0.2) is 47.5 Å². The highest BCUT2D eigenvalue weighted by Gasteiger charge is 2.32. The first-order valence-corrected chi connectivity index (χ1v) is 12.0.